The SMILES string of the molecule is CCCCCCCCCCCCCCCCOC[C@H](COC(=O)Nc1ccccc1)OC(=O)Nc1ccccc1. The third kappa shape index (κ3) is 17.5. The van der Waals surface area contributed by atoms with E-state index < -0.39 is 18.3 Å². The normalized spacial score (nSPS) is 11.5. The van der Waals surface area contributed by atoms with Crippen LogP contribution in [-0.2, 0) is 14.2 Å². The predicted octanol–water partition coefficient (Wildman–Crippen LogP) is 9.35. The topological polar surface area (TPSA) is 85.9 Å². The van der Waals surface area contributed by atoms with Crippen molar-refractivity contribution in [3.63, 3.8) is 0 Å². The van der Waals surface area contributed by atoms with E-state index in [4.69, 9.17) is 14.2 Å². The predicted molar refractivity (Wildman–Crippen MR) is 163 cm³/mol. The lowest BCUT2D eigenvalue weighted by Crippen LogP contribution is -2.32. The largest absolute Gasteiger partial charge is 0.445 e. The zero-order valence-electron chi connectivity index (χ0n) is 24.4. The molecule has 7 nitrogen and oxygen atoms in total. The molecule has 0 saturated heterocycles. The minimum absolute atomic E-state index is 0.111. The average Bonchev–Trinajstić information content (AvgIpc) is 2.96. The van der Waals surface area contributed by atoms with Gasteiger partial charge >= 0.3 is 12.2 Å². The third-order valence-corrected chi connectivity index (χ3v) is 6.66. The number of amides is 2. The van der Waals surface area contributed by atoms with Gasteiger partial charge in [-0.05, 0) is 30.7 Å². The number of para-hydroxylation sites is 2. The minimum atomic E-state index is -0.725. The van der Waals surface area contributed by atoms with Crippen molar-refractivity contribution in [2.75, 3.05) is 30.5 Å². The Kier molecular flexibility index (Phi) is 18.8. The van der Waals surface area contributed by atoms with Crippen LogP contribution in [0, 0.1) is 0 Å². The standard InChI is InChI=1S/C33H50N2O5/c1-2-3-4-5-6-7-8-9-10-11-12-13-14-21-26-38-27-31(40-33(37)35-30-24-19-16-20-25-30)28-39-32(36)34-29-22-17-15-18-23-29/h15-20,22-25,31H,2-14,21,26-28H2,1H3,(H,34,36)(H,35,37)/t31-/m1/s1. The highest BCUT2D eigenvalue weighted by Gasteiger charge is 2.18. The van der Waals surface area contributed by atoms with E-state index in [1.54, 1.807) is 24.3 Å². The van der Waals surface area contributed by atoms with Gasteiger partial charge in [-0.1, -0.05) is 127 Å². The number of hydrogen-bond acceptors (Lipinski definition) is 5. The maximum absolute atomic E-state index is 12.4. The van der Waals surface area contributed by atoms with Crippen LogP contribution in [0.15, 0.2) is 60.7 Å². The van der Waals surface area contributed by atoms with Crippen LogP contribution in [0.2, 0.25) is 0 Å². The molecular formula is C33H50N2O5. The molecule has 2 aromatic rings. The van der Waals surface area contributed by atoms with Gasteiger partial charge in [-0.15, -0.1) is 0 Å². The Morgan fingerprint density at radius 1 is 0.600 bits per heavy atom. The number of nitrogens with one attached hydrogen (secondary N) is 2. The van der Waals surface area contributed by atoms with E-state index in [9.17, 15) is 9.59 Å². The highest BCUT2D eigenvalue weighted by Crippen LogP contribution is 2.13. The average molecular weight is 555 g/mol. The monoisotopic (exact) mass is 554 g/mol. The Bertz CT molecular complexity index is 894. The van der Waals surface area contributed by atoms with Crippen LogP contribution in [0.3, 0.4) is 0 Å². The Morgan fingerprint density at radius 2 is 1.05 bits per heavy atom. The van der Waals surface area contributed by atoms with Crippen LogP contribution in [0.5, 0.6) is 0 Å². The first kappa shape index (κ1) is 33.1. The van der Waals surface area contributed by atoms with Crippen LogP contribution in [-0.4, -0.2) is 38.1 Å². The summed E-state index contributed by atoms with van der Waals surface area (Å²) in [4.78, 5) is 24.6. The van der Waals surface area contributed by atoms with Crippen LogP contribution in [0.4, 0.5) is 21.0 Å². The molecule has 0 bridgehead atoms. The summed E-state index contributed by atoms with van der Waals surface area (Å²) >= 11 is 0. The fraction of sp³-hybridized carbons (Fsp3) is 0.576. The molecule has 2 N–H and O–H groups in total. The molecule has 2 amide bonds. The summed E-state index contributed by atoms with van der Waals surface area (Å²) in [6.45, 7) is 2.88. The third-order valence-electron chi connectivity index (χ3n) is 6.66. The van der Waals surface area contributed by atoms with E-state index in [0.29, 0.717) is 18.0 Å². The van der Waals surface area contributed by atoms with Crippen LogP contribution in [0.1, 0.15) is 96.8 Å². The van der Waals surface area contributed by atoms with E-state index in [1.165, 1.54) is 77.0 Å². The second-order valence-electron chi connectivity index (χ2n) is 10.3. The molecule has 0 aromatic heterocycles. The lowest BCUT2D eigenvalue weighted by Gasteiger charge is -2.19. The number of ether oxygens (including phenoxy) is 3. The second kappa shape index (κ2) is 22.7. The molecule has 0 aliphatic carbocycles. The number of rotatable bonds is 22. The number of anilines is 2. The van der Waals surface area contributed by atoms with Crippen molar-refractivity contribution in [2.24, 2.45) is 0 Å². The molecule has 7 heteroatoms. The summed E-state index contributed by atoms with van der Waals surface area (Å²) in [6, 6.07) is 18.1. The van der Waals surface area contributed by atoms with Crippen molar-refractivity contribution in [3.05, 3.63) is 60.7 Å². The number of benzene rings is 2. The van der Waals surface area contributed by atoms with Crippen LogP contribution < -0.4 is 10.6 Å². The van der Waals surface area contributed by atoms with Gasteiger partial charge in [0.2, 0.25) is 0 Å². The maximum atomic E-state index is 12.4. The maximum Gasteiger partial charge on any atom is 0.412 e. The Hall–Kier alpha value is -3.06. The molecule has 0 aliphatic heterocycles. The van der Waals surface area contributed by atoms with Gasteiger partial charge in [0.25, 0.3) is 0 Å². The fourth-order valence-electron chi connectivity index (χ4n) is 4.39. The van der Waals surface area contributed by atoms with Crippen molar-refractivity contribution in [1.29, 1.82) is 0 Å². The molecular weight excluding hydrogens is 504 g/mol. The Balaban J connectivity index is 1.58. The van der Waals surface area contributed by atoms with Crippen molar-refractivity contribution >= 4 is 23.6 Å². The molecule has 0 unspecified atom stereocenters. The lowest BCUT2D eigenvalue weighted by molar-refractivity contribution is -0.00628. The Morgan fingerprint density at radius 3 is 1.55 bits per heavy atom. The summed E-state index contributed by atoms with van der Waals surface area (Å²) in [6.07, 6.45) is 16.3. The first-order valence-electron chi connectivity index (χ1n) is 15.3. The van der Waals surface area contributed by atoms with E-state index in [0.717, 1.165) is 12.8 Å². The molecule has 0 saturated carbocycles. The van der Waals surface area contributed by atoms with Gasteiger partial charge in [0, 0.05) is 18.0 Å². The summed E-state index contributed by atoms with van der Waals surface area (Å²) in [5.74, 6) is 0. The van der Waals surface area contributed by atoms with Crippen LogP contribution >= 0.6 is 0 Å². The fourth-order valence-corrected chi connectivity index (χ4v) is 4.39. The molecule has 1 atom stereocenters. The van der Waals surface area contributed by atoms with E-state index in [-0.39, 0.29) is 13.2 Å². The van der Waals surface area contributed by atoms with Gasteiger partial charge in [0.15, 0.2) is 6.10 Å². The van der Waals surface area contributed by atoms with Gasteiger partial charge in [0.1, 0.15) is 6.61 Å². The molecule has 0 heterocycles. The number of unbranched alkanes of at least 4 members (excludes halogenated alkanes) is 13. The zero-order chi connectivity index (χ0) is 28.5. The summed E-state index contributed by atoms with van der Waals surface area (Å²) in [5, 5.41) is 5.34. The summed E-state index contributed by atoms with van der Waals surface area (Å²) in [5.41, 5.74) is 1.25. The molecule has 0 radical (unpaired) electrons. The van der Waals surface area contributed by atoms with Crippen LogP contribution in [0.25, 0.3) is 0 Å². The molecule has 2 rings (SSSR count). The second-order valence-corrected chi connectivity index (χ2v) is 10.3. The molecule has 2 aromatic carbocycles. The number of carbonyl (C=O) groups is 2. The van der Waals surface area contributed by atoms with Gasteiger partial charge in [-0.25, -0.2) is 9.59 Å². The van der Waals surface area contributed by atoms with Crippen molar-refractivity contribution < 1.29 is 23.8 Å². The number of hydrogen-bond donors (Lipinski definition) is 2. The molecule has 0 fully saturated rings. The minimum Gasteiger partial charge on any atom is -0.445 e. The summed E-state index contributed by atoms with van der Waals surface area (Å²) in [7, 11) is 0. The first-order chi connectivity index (χ1) is 19.7. The van der Waals surface area contributed by atoms with Gasteiger partial charge in [-0.2, -0.15) is 0 Å². The highest BCUT2D eigenvalue weighted by atomic mass is 16.6. The highest BCUT2D eigenvalue weighted by molar-refractivity contribution is 5.85. The van der Waals surface area contributed by atoms with Crippen molar-refractivity contribution in [2.45, 2.75) is 103 Å². The van der Waals surface area contributed by atoms with Crippen molar-refractivity contribution in [3.8, 4) is 0 Å². The summed E-state index contributed by atoms with van der Waals surface area (Å²) < 4.78 is 16.6. The van der Waals surface area contributed by atoms with E-state index in [2.05, 4.69) is 17.6 Å². The first-order valence-corrected chi connectivity index (χ1v) is 15.3. The zero-order valence-corrected chi connectivity index (χ0v) is 24.4. The van der Waals surface area contributed by atoms with E-state index >= 15 is 0 Å². The number of carbonyl (C=O) groups excluding carboxylic acids is 2. The molecule has 0 aliphatic rings. The molecule has 222 valence electrons. The van der Waals surface area contributed by atoms with Gasteiger partial charge in [0.05, 0.1) is 6.61 Å². The molecule has 0 spiro atoms. The van der Waals surface area contributed by atoms with Gasteiger partial charge in [-0.3, -0.25) is 10.6 Å². The molecule has 40 heavy (non-hydrogen) atoms. The van der Waals surface area contributed by atoms with E-state index in [1.807, 2.05) is 36.4 Å². The Labute approximate surface area is 241 Å². The van der Waals surface area contributed by atoms with Gasteiger partial charge < -0.3 is 14.2 Å². The van der Waals surface area contributed by atoms with Crippen molar-refractivity contribution in [1.82, 2.24) is 0 Å². The lowest BCUT2D eigenvalue weighted by atomic mass is 10.0. The smallest absolute Gasteiger partial charge is 0.412 e. The quantitative estimate of drug-likeness (QED) is 0.142.